The number of benzene rings is 1. The number of nitrogens with two attached hydrogens (primary N) is 1. The van der Waals surface area contributed by atoms with Crippen molar-refractivity contribution in [2.45, 2.75) is 32.5 Å². The summed E-state index contributed by atoms with van der Waals surface area (Å²) in [5.74, 6) is 0.488. The molecule has 8 nitrogen and oxygen atoms in total. The fourth-order valence-electron chi connectivity index (χ4n) is 3.85. The topological polar surface area (TPSA) is 102 Å². The third-order valence-corrected chi connectivity index (χ3v) is 5.78. The summed E-state index contributed by atoms with van der Waals surface area (Å²) >= 11 is 0. The van der Waals surface area contributed by atoms with Gasteiger partial charge in [-0.15, -0.1) is 5.10 Å². The average Bonchev–Trinajstić information content (AvgIpc) is 3.44. The predicted octanol–water partition coefficient (Wildman–Crippen LogP) is 3.63. The van der Waals surface area contributed by atoms with Gasteiger partial charge in [0.1, 0.15) is 11.3 Å². The molecule has 5 rings (SSSR count). The molecule has 0 radical (unpaired) electrons. The highest BCUT2D eigenvalue weighted by Gasteiger charge is 2.33. The van der Waals surface area contributed by atoms with Gasteiger partial charge in [0.25, 0.3) is 5.91 Å². The van der Waals surface area contributed by atoms with Gasteiger partial charge in [0.15, 0.2) is 5.69 Å². The van der Waals surface area contributed by atoms with Crippen molar-refractivity contribution in [3.8, 4) is 0 Å². The number of nitrogen functional groups attached to an aromatic ring is 1. The quantitative estimate of drug-likeness (QED) is 0.493. The number of carbonyl (C=O) groups excluding carboxylic acids is 1. The molecule has 1 amide bonds. The minimum absolute atomic E-state index is 0.0679. The van der Waals surface area contributed by atoms with Gasteiger partial charge < -0.3 is 10.6 Å². The van der Waals surface area contributed by atoms with Crippen molar-refractivity contribution in [1.82, 2.24) is 29.5 Å². The third-order valence-electron chi connectivity index (χ3n) is 5.78. The van der Waals surface area contributed by atoms with E-state index in [1.54, 1.807) is 34.0 Å². The van der Waals surface area contributed by atoms with Crippen molar-refractivity contribution in [2.24, 2.45) is 5.92 Å². The van der Waals surface area contributed by atoms with E-state index in [1.807, 2.05) is 6.92 Å². The number of imidazole rings is 1. The number of halogens is 3. The molecular weight excluding hydrogens is 435 g/mol. The van der Waals surface area contributed by atoms with Crippen LogP contribution in [-0.4, -0.2) is 41.9 Å². The highest BCUT2D eigenvalue weighted by atomic mass is 19.4. The number of aromatic nitrogens is 5. The second-order valence-electron chi connectivity index (χ2n) is 8.34. The Morgan fingerprint density at radius 3 is 2.67 bits per heavy atom. The van der Waals surface area contributed by atoms with Gasteiger partial charge in [0, 0.05) is 12.1 Å². The molecule has 1 aromatic carbocycles. The highest BCUT2D eigenvalue weighted by molar-refractivity contribution is 5.99. The number of fused-ring (bicyclic) bond motifs is 3. The van der Waals surface area contributed by atoms with Crippen LogP contribution in [0.15, 0.2) is 36.8 Å². The van der Waals surface area contributed by atoms with Gasteiger partial charge in [-0.3, -0.25) is 9.20 Å². The minimum atomic E-state index is -4.56. The maximum absolute atomic E-state index is 13.6. The molecule has 3 heterocycles. The SMILES string of the molecule is Cc1cc2nc(N)c3cncn3c2cc1C(=O)N(Cc1ccc(C(F)(F)F)nn1)CC1CC1. The monoisotopic (exact) mass is 455 g/mol. The Morgan fingerprint density at radius 2 is 2.00 bits per heavy atom. The van der Waals surface area contributed by atoms with Crippen LogP contribution in [0.1, 0.15) is 40.2 Å². The number of hydrogen-bond donors (Lipinski definition) is 1. The molecule has 1 saturated carbocycles. The number of amides is 1. The molecule has 170 valence electrons. The van der Waals surface area contributed by atoms with Gasteiger partial charge in [-0.05, 0) is 55.5 Å². The Kier molecular flexibility index (Phi) is 4.91. The largest absolute Gasteiger partial charge is 0.435 e. The van der Waals surface area contributed by atoms with Gasteiger partial charge in [-0.2, -0.15) is 18.3 Å². The van der Waals surface area contributed by atoms with Crippen LogP contribution in [0.5, 0.6) is 0 Å². The zero-order valence-corrected chi connectivity index (χ0v) is 17.7. The van der Waals surface area contributed by atoms with E-state index >= 15 is 0 Å². The Bertz CT molecular complexity index is 1360. The van der Waals surface area contributed by atoms with Crippen molar-refractivity contribution in [3.63, 3.8) is 0 Å². The predicted molar refractivity (Wildman–Crippen MR) is 114 cm³/mol. The van der Waals surface area contributed by atoms with Crippen molar-refractivity contribution < 1.29 is 18.0 Å². The Balaban J connectivity index is 1.50. The molecule has 4 aromatic rings. The van der Waals surface area contributed by atoms with Crippen molar-refractivity contribution in [2.75, 3.05) is 12.3 Å². The summed E-state index contributed by atoms with van der Waals surface area (Å²) in [4.78, 5) is 23.7. The van der Waals surface area contributed by atoms with Crippen LogP contribution in [0.3, 0.4) is 0 Å². The lowest BCUT2D eigenvalue weighted by Crippen LogP contribution is -2.33. The van der Waals surface area contributed by atoms with E-state index in [0.29, 0.717) is 46.1 Å². The first-order valence-electron chi connectivity index (χ1n) is 10.4. The highest BCUT2D eigenvalue weighted by Crippen LogP contribution is 2.32. The van der Waals surface area contributed by atoms with Crippen LogP contribution in [0.2, 0.25) is 0 Å². The van der Waals surface area contributed by atoms with Crippen LogP contribution >= 0.6 is 0 Å². The standard InChI is InChI=1S/C22H20F3N7O/c1-12-6-16-17(32-11-27-8-18(32)20(26)28-16)7-15(12)21(33)31(9-13-2-3-13)10-14-4-5-19(30-29-14)22(23,24)25/h4-8,11,13H,2-3,9-10H2,1H3,(H2,26,28). The van der Waals surface area contributed by atoms with Gasteiger partial charge in [-0.25, -0.2) is 9.97 Å². The smallest absolute Gasteiger partial charge is 0.382 e. The summed E-state index contributed by atoms with van der Waals surface area (Å²) in [5, 5.41) is 6.99. The van der Waals surface area contributed by atoms with Gasteiger partial charge in [-0.1, -0.05) is 0 Å². The Morgan fingerprint density at radius 1 is 1.21 bits per heavy atom. The number of alkyl halides is 3. The molecule has 1 fully saturated rings. The van der Waals surface area contributed by atoms with Crippen molar-refractivity contribution in [1.29, 1.82) is 0 Å². The lowest BCUT2D eigenvalue weighted by molar-refractivity contribution is -0.141. The molecule has 33 heavy (non-hydrogen) atoms. The van der Waals surface area contributed by atoms with E-state index in [0.717, 1.165) is 24.5 Å². The summed E-state index contributed by atoms with van der Waals surface area (Å²) in [7, 11) is 0. The van der Waals surface area contributed by atoms with Gasteiger partial charge in [0.05, 0.1) is 35.8 Å². The number of nitrogens with zero attached hydrogens (tertiary/aromatic N) is 6. The normalized spacial score (nSPS) is 14.2. The summed E-state index contributed by atoms with van der Waals surface area (Å²) in [6.07, 6.45) is 0.675. The molecule has 0 bridgehead atoms. The third kappa shape index (κ3) is 4.06. The van der Waals surface area contributed by atoms with E-state index in [1.165, 1.54) is 6.07 Å². The van der Waals surface area contributed by atoms with Crippen LogP contribution in [0.25, 0.3) is 16.6 Å². The zero-order valence-electron chi connectivity index (χ0n) is 17.7. The molecule has 11 heteroatoms. The van der Waals surface area contributed by atoms with Crippen molar-refractivity contribution in [3.05, 3.63) is 59.3 Å². The molecule has 3 aromatic heterocycles. The second kappa shape index (κ2) is 7.68. The lowest BCUT2D eigenvalue weighted by Gasteiger charge is -2.23. The molecule has 2 N–H and O–H groups in total. The fraction of sp³-hybridized carbons (Fsp3) is 0.318. The molecular formula is C22H20F3N7O. The molecule has 1 aliphatic rings. The summed E-state index contributed by atoms with van der Waals surface area (Å²) in [6.45, 7) is 2.38. The summed E-state index contributed by atoms with van der Waals surface area (Å²) < 4.78 is 40.2. The Hall–Kier alpha value is -3.76. The number of carbonyl (C=O) groups is 1. The van der Waals surface area contributed by atoms with Crippen LogP contribution in [0.4, 0.5) is 19.0 Å². The van der Waals surface area contributed by atoms with E-state index in [-0.39, 0.29) is 12.5 Å². The van der Waals surface area contributed by atoms with E-state index in [2.05, 4.69) is 20.2 Å². The first-order chi connectivity index (χ1) is 15.7. The van der Waals surface area contributed by atoms with E-state index in [9.17, 15) is 18.0 Å². The number of rotatable bonds is 5. The first kappa shape index (κ1) is 21.1. The maximum Gasteiger partial charge on any atom is 0.435 e. The molecule has 0 saturated heterocycles. The van der Waals surface area contributed by atoms with Crippen LogP contribution < -0.4 is 5.73 Å². The summed E-state index contributed by atoms with van der Waals surface area (Å²) in [6, 6.07) is 5.70. The second-order valence-corrected chi connectivity index (χ2v) is 8.34. The number of hydrogen-bond acceptors (Lipinski definition) is 6. The lowest BCUT2D eigenvalue weighted by atomic mass is 10.1. The van der Waals surface area contributed by atoms with E-state index < -0.39 is 11.9 Å². The molecule has 1 aliphatic carbocycles. The number of anilines is 1. The molecule has 0 atom stereocenters. The zero-order chi connectivity index (χ0) is 23.3. The molecule has 0 aliphatic heterocycles. The number of aryl methyl sites for hydroxylation is 1. The van der Waals surface area contributed by atoms with Gasteiger partial charge in [0.2, 0.25) is 0 Å². The van der Waals surface area contributed by atoms with Gasteiger partial charge >= 0.3 is 6.18 Å². The Labute approximate surface area is 186 Å². The molecule has 0 spiro atoms. The summed E-state index contributed by atoms with van der Waals surface area (Å²) in [5.41, 5.74) is 8.40. The molecule has 0 unspecified atom stereocenters. The van der Waals surface area contributed by atoms with Crippen LogP contribution in [0, 0.1) is 12.8 Å². The fourth-order valence-corrected chi connectivity index (χ4v) is 3.85. The first-order valence-corrected chi connectivity index (χ1v) is 10.4. The average molecular weight is 455 g/mol. The minimum Gasteiger partial charge on any atom is -0.382 e. The maximum atomic E-state index is 13.6. The van der Waals surface area contributed by atoms with E-state index in [4.69, 9.17) is 5.73 Å². The van der Waals surface area contributed by atoms with Crippen molar-refractivity contribution >= 4 is 28.3 Å². The van der Waals surface area contributed by atoms with Crippen LogP contribution in [-0.2, 0) is 12.7 Å².